The topological polar surface area (TPSA) is 63.8 Å². The van der Waals surface area contributed by atoms with Crippen LogP contribution in [0.2, 0.25) is 0 Å². The van der Waals surface area contributed by atoms with Crippen molar-refractivity contribution in [1.29, 1.82) is 0 Å². The number of aryl methyl sites for hydroxylation is 1. The van der Waals surface area contributed by atoms with Crippen molar-refractivity contribution >= 4 is 38.8 Å². The summed E-state index contributed by atoms with van der Waals surface area (Å²) in [6.45, 7) is 2.07. The summed E-state index contributed by atoms with van der Waals surface area (Å²) >= 11 is 6.58. The number of halogens is 1. The fraction of sp³-hybridized carbons (Fsp3) is 0.333. The molecule has 0 aliphatic rings. The average Bonchev–Trinajstić information content (AvgIpc) is 2.90. The Hall–Kier alpha value is -0.340. The molecule has 0 radical (unpaired) electrons. The van der Waals surface area contributed by atoms with Crippen LogP contribution in [0.5, 0.6) is 0 Å². The fourth-order valence-corrected chi connectivity index (χ4v) is 4.02. The van der Waals surface area contributed by atoms with Gasteiger partial charge in [-0.15, -0.1) is 16.4 Å². The zero-order valence-corrected chi connectivity index (χ0v) is 11.8. The predicted molar refractivity (Wildman–Crippen MR) is 70.5 cm³/mol. The van der Waals surface area contributed by atoms with Gasteiger partial charge in [0.25, 0.3) is 0 Å². The van der Waals surface area contributed by atoms with E-state index >= 15 is 0 Å². The Morgan fingerprint density at radius 3 is 2.94 bits per heavy atom. The maximum Gasteiger partial charge on any atom is 0.0940 e. The summed E-state index contributed by atoms with van der Waals surface area (Å²) < 4.78 is 5.05. The van der Waals surface area contributed by atoms with Crippen molar-refractivity contribution in [2.45, 2.75) is 19.4 Å². The molecule has 3 N–H and O–H groups in total. The lowest BCUT2D eigenvalue weighted by atomic mass is 10.1. The molecule has 1 atom stereocenters. The molecule has 0 amide bonds. The van der Waals surface area contributed by atoms with Gasteiger partial charge in [0.15, 0.2) is 0 Å². The molecule has 0 aliphatic heterocycles. The highest BCUT2D eigenvalue weighted by molar-refractivity contribution is 9.10. The Morgan fingerprint density at radius 1 is 1.56 bits per heavy atom. The van der Waals surface area contributed by atoms with Crippen molar-refractivity contribution in [2.24, 2.45) is 5.84 Å². The Labute approximate surface area is 110 Å². The summed E-state index contributed by atoms with van der Waals surface area (Å²) in [5, 5.41) is 6.14. The van der Waals surface area contributed by atoms with E-state index in [4.69, 9.17) is 5.84 Å². The predicted octanol–water partition coefficient (Wildman–Crippen LogP) is 2.48. The number of thiophene rings is 1. The lowest BCUT2D eigenvalue weighted by Crippen LogP contribution is -2.28. The first kappa shape index (κ1) is 12.1. The van der Waals surface area contributed by atoms with E-state index in [9.17, 15) is 0 Å². The molecule has 4 nitrogen and oxygen atoms in total. The van der Waals surface area contributed by atoms with Crippen LogP contribution in [0.25, 0.3) is 0 Å². The van der Waals surface area contributed by atoms with Crippen LogP contribution in [0.3, 0.4) is 0 Å². The van der Waals surface area contributed by atoms with E-state index in [2.05, 4.69) is 37.9 Å². The van der Waals surface area contributed by atoms with Gasteiger partial charge in [0.1, 0.15) is 0 Å². The first-order chi connectivity index (χ1) is 7.77. The standard InChI is InChI=1S/C9H11BrN4S2/c1-2-6-9(16-14-13-6)7(12-11)8-5(10)3-4-15-8/h3-4,7,12H,2,11H2,1H3. The lowest BCUT2D eigenvalue weighted by Gasteiger charge is -2.13. The van der Waals surface area contributed by atoms with Crippen molar-refractivity contribution < 1.29 is 0 Å². The third kappa shape index (κ3) is 2.18. The van der Waals surface area contributed by atoms with Crippen LogP contribution in [0.1, 0.15) is 28.4 Å². The molecule has 0 saturated heterocycles. The van der Waals surface area contributed by atoms with Gasteiger partial charge in [0, 0.05) is 9.35 Å². The van der Waals surface area contributed by atoms with Gasteiger partial charge in [0.05, 0.1) is 16.6 Å². The molecule has 0 fully saturated rings. The van der Waals surface area contributed by atoms with Gasteiger partial charge in [0.2, 0.25) is 0 Å². The summed E-state index contributed by atoms with van der Waals surface area (Å²) in [5.74, 6) is 5.63. The van der Waals surface area contributed by atoms with Gasteiger partial charge < -0.3 is 0 Å². The average molecular weight is 319 g/mol. The van der Waals surface area contributed by atoms with Gasteiger partial charge in [-0.3, -0.25) is 5.84 Å². The molecule has 86 valence electrons. The molecule has 16 heavy (non-hydrogen) atoms. The minimum Gasteiger partial charge on any atom is -0.271 e. The third-order valence-electron chi connectivity index (χ3n) is 2.26. The number of hydrogen-bond donors (Lipinski definition) is 2. The smallest absolute Gasteiger partial charge is 0.0940 e. The molecule has 0 saturated carbocycles. The summed E-state index contributed by atoms with van der Waals surface area (Å²) in [4.78, 5) is 2.25. The summed E-state index contributed by atoms with van der Waals surface area (Å²) in [6, 6.07) is 1.99. The Bertz CT molecular complexity index is 468. The highest BCUT2D eigenvalue weighted by Gasteiger charge is 2.22. The van der Waals surface area contributed by atoms with Gasteiger partial charge >= 0.3 is 0 Å². The minimum absolute atomic E-state index is 0.0238. The van der Waals surface area contributed by atoms with Crippen molar-refractivity contribution in [1.82, 2.24) is 15.0 Å². The van der Waals surface area contributed by atoms with Gasteiger partial charge in [-0.05, 0) is 45.3 Å². The molecule has 2 heterocycles. The monoisotopic (exact) mass is 318 g/mol. The molecule has 0 aliphatic carbocycles. The molecule has 2 rings (SSSR count). The zero-order valence-electron chi connectivity index (χ0n) is 8.61. The van der Waals surface area contributed by atoms with Crippen LogP contribution in [-0.4, -0.2) is 9.59 Å². The highest BCUT2D eigenvalue weighted by Crippen LogP contribution is 2.35. The Balaban J connectivity index is 2.40. The van der Waals surface area contributed by atoms with Crippen molar-refractivity contribution in [3.8, 4) is 0 Å². The molecular weight excluding hydrogens is 308 g/mol. The number of rotatable bonds is 4. The first-order valence-corrected chi connectivity index (χ1v) is 7.22. The van der Waals surface area contributed by atoms with Crippen molar-refractivity contribution in [3.05, 3.63) is 31.4 Å². The highest BCUT2D eigenvalue weighted by atomic mass is 79.9. The van der Waals surface area contributed by atoms with Crippen LogP contribution in [0.4, 0.5) is 0 Å². The fourth-order valence-electron chi connectivity index (χ4n) is 1.46. The number of nitrogens with one attached hydrogen (secondary N) is 1. The SMILES string of the molecule is CCc1nnsc1C(NN)c1sccc1Br. The molecule has 0 bridgehead atoms. The summed E-state index contributed by atoms with van der Waals surface area (Å²) in [7, 11) is 0. The molecule has 0 aromatic carbocycles. The zero-order chi connectivity index (χ0) is 11.5. The normalized spacial score (nSPS) is 12.9. The van der Waals surface area contributed by atoms with Gasteiger partial charge in [-0.1, -0.05) is 11.4 Å². The number of hydrogen-bond acceptors (Lipinski definition) is 6. The summed E-state index contributed by atoms with van der Waals surface area (Å²) in [5.41, 5.74) is 3.84. The van der Waals surface area contributed by atoms with E-state index < -0.39 is 0 Å². The maximum atomic E-state index is 5.63. The number of aromatic nitrogens is 2. The van der Waals surface area contributed by atoms with E-state index in [0.717, 1.165) is 26.3 Å². The quantitative estimate of drug-likeness (QED) is 0.671. The maximum absolute atomic E-state index is 5.63. The second-order valence-corrected chi connectivity index (χ2v) is 5.76. The molecule has 7 heteroatoms. The van der Waals surface area contributed by atoms with Crippen LogP contribution >= 0.6 is 38.8 Å². The Kier molecular flexibility index (Phi) is 4.04. The van der Waals surface area contributed by atoms with Crippen LogP contribution < -0.4 is 11.3 Å². The molecule has 2 aromatic heterocycles. The van der Waals surface area contributed by atoms with Gasteiger partial charge in [-0.25, -0.2) is 5.43 Å². The van der Waals surface area contributed by atoms with E-state index in [1.54, 1.807) is 11.3 Å². The molecule has 1 unspecified atom stereocenters. The van der Waals surface area contributed by atoms with Crippen molar-refractivity contribution in [3.63, 3.8) is 0 Å². The molecule has 2 aromatic rings. The van der Waals surface area contributed by atoms with Crippen molar-refractivity contribution in [2.75, 3.05) is 0 Å². The second-order valence-electron chi connectivity index (χ2n) is 3.17. The third-order valence-corrected chi connectivity index (χ3v) is 5.02. The number of hydrazine groups is 1. The van der Waals surface area contributed by atoms with E-state index in [0.29, 0.717) is 0 Å². The number of nitrogens with two attached hydrogens (primary N) is 1. The first-order valence-electron chi connectivity index (χ1n) is 4.78. The Morgan fingerprint density at radius 2 is 2.38 bits per heavy atom. The van der Waals surface area contributed by atoms with E-state index in [-0.39, 0.29) is 6.04 Å². The second kappa shape index (κ2) is 5.33. The van der Waals surface area contributed by atoms with E-state index in [1.807, 2.05) is 11.4 Å². The number of nitrogens with zero attached hydrogens (tertiary/aromatic N) is 2. The largest absolute Gasteiger partial charge is 0.271 e. The van der Waals surface area contributed by atoms with Crippen LogP contribution in [0, 0.1) is 0 Å². The van der Waals surface area contributed by atoms with Crippen LogP contribution in [-0.2, 0) is 6.42 Å². The summed E-state index contributed by atoms with van der Waals surface area (Å²) in [6.07, 6.45) is 0.868. The molecule has 0 spiro atoms. The minimum atomic E-state index is -0.0238. The van der Waals surface area contributed by atoms with E-state index in [1.165, 1.54) is 11.5 Å². The lowest BCUT2D eigenvalue weighted by molar-refractivity contribution is 0.647. The molecular formula is C9H11BrN4S2. The van der Waals surface area contributed by atoms with Crippen LogP contribution in [0.15, 0.2) is 15.9 Å². The van der Waals surface area contributed by atoms with Gasteiger partial charge in [-0.2, -0.15) is 0 Å².